The Balaban J connectivity index is 1.23. The number of aromatic nitrogens is 2. The van der Waals surface area contributed by atoms with Gasteiger partial charge in [-0.1, -0.05) is 6.08 Å². The second-order valence-corrected chi connectivity index (χ2v) is 8.45. The Kier molecular flexibility index (Phi) is 4.73. The fraction of sp³-hybridized carbons (Fsp3) is 0.333. The summed E-state index contributed by atoms with van der Waals surface area (Å²) in [6.45, 7) is 1.88. The molecule has 1 fully saturated rings. The van der Waals surface area contributed by atoms with Gasteiger partial charge in [0.2, 0.25) is 5.91 Å². The molecule has 3 aliphatic rings. The third kappa shape index (κ3) is 3.73. The molecule has 148 valence electrons. The monoisotopic (exact) mass is 408 g/mol. The lowest BCUT2D eigenvalue weighted by Gasteiger charge is -2.15. The molecule has 1 saturated heterocycles. The quantitative estimate of drug-likeness (QED) is 0.789. The minimum Gasteiger partial charge on any atom is -0.367 e. The van der Waals surface area contributed by atoms with E-state index in [-0.39, 0.29) is 18.4 Å². The summed E-state index contributed by atoms with van der Waals surface area (Å²) in [4.78, 5) is 34.8. The number of nitrogens with one attached hydrogen (secondary N) is 1. The van der Waals surface area contributed by atoms with Gasteiger partial charge in [-0.25, -0.2) is 9.97 Å². The van der Waals surface area contributed by atoms with Gasteiger partial charge in [-0.15, -0.1) is 11.3 Å². The molecule has 2 amide bonds. The number of rotatable bonds is 3. The van der Waals surface area contributed by atoms with Crippen molar-refractivity contribution < 1.29 is 14.3 Å². The fourth-order valence-corrected chi connectivity index (χ4v) is 4.84. The number of nitrogens with zero attached hydrogens (tertiary/aromatic N) is 3. The minimum atomic E-state index is -0.207. The Labute approximate surface area is 172 Å². The van der Waals surface area contributed by atoms with Crippen molar-refractivity contribution >= 4 is 40.6 Å². The summed E-state index contributed by atoms with van der Waals surface area (Å²) in [7, 11) is 0. The maximum Gasteiger partial charge on any atom is 0.251 e. The molecule has 5 rings (SSSR count). The number of fused-ring (bicyclic) bond motifs is 2. The molecule has 0 radical (unpaired) electrons. The maximum absolute atomic E-state index is 12.7. The molecule has 4 heterocycles. The largest absolute Gasteiger partial charge is 0.367 e. The molecule has 1 N–H and O–H groups in total. The molecule has 29 heavy (non-hydrogen) atoms. The van der Waals surface area contributed by atoms with Crippen molar-refractivity contribution in [3.05, 3.63) is 52.1 Å². The van der Waals surface area contributed by atoms with E-state index in [1.807, 2.05) is 22.5 Å². The highest BCUT2D eigenvalue weighted by Crippen LogP contribution is 2.41. The van der Waals surface area contributed by atoms with Gasteiger partial charge in [0, 0.05) is 42.5 Å². The first-order valence-electron chi connectivity index (χ1n) is 9.60. The van der Waals surface area contributed by atoms with Crippen LogP contribution in [0.4, 0.5) is 5.82 Å². The topological polar surface area (TPSA) is 84.4 Å². The molecule has 2 aromatic heterocycles. The number of anilines is 1. The Hall–Kier alpha value is -2.84. The van der Waals surface area contributed by atoms with Crippen LogP contribution in [0, 0.1) is 11.8 Å². The molecule has 2 atom stereocenters. The Morgan fingerprint density at radius 3 is 3.07 bits per heavy atom. The molecule has 1 aliphatic carbocycles. The third-order valence-corrected chi connectivity index (χ3v) is 6.41. The van der Waals surface area contributed by atoms with Crippen molar-refractivity contribution in [3.63, 3.8) is 0 Å². The number of carbonyl (C=O) groups is 2. The molecule has 0 bridgehead atoms. The number of thiazole rings is 1. The standard InChI is InChI=1S/C21H20N4O3S/c26-18-12-28-11-17-5-13(8-23-20(17)24-18)1-2-19(27)25-9-15-6-14(7-16(15)10-25)21-22-3-4-29-21/h1-6,8,15-16H,7,9-12H2,(H,23,24,26)/b2-1+. The SMILES string of the molecule is O=C1COCc2cc(/C=C/C(=O)N3CC4C=C(c5nccs5)CC4C3)cnc2N1. The summed E-state index contributed by atoms with van der Waals surface area (Å²) in [5.74, 6) is 1.23. The van der Waals surface area contributed by atoms with Crippen LogP contribution in [0.15, 0.2) is 36.0 Å². The van der Waals surface area contributed by atoms with Gasteiger partial charge in [0.25, 0.3) is 5.91 Å². The molecule has 0 spiro atoms. The summed E-state index contributed by atoms with van der Waals surface area (Å²) < 4.78 is 5.31. The van der Waals surface area contributed by atoms with Gasteiger partial charge in [0.05, 0.1) is 6.61 Å². The van der Waals surface area contributed by atoms with Crippen molar-refractivity contribution in [2.24, 2.45) is 11.8 Å². The highest BCUT2D eigenvalue weighted by atomic mass is 32.1. The van der Waals surface area contributed by atoms with E-state index in [2.05, 4.69) is 21.4 Å². The van der Waals surface area contributed by atoms with E-state index in [1.165, 1.54) is 5.57 Å². The molecule has 0 aromatic carbocycles. The summed E-state index contributed by atoms with van der Waals surface area (Å²) in [5, 5.41) is 5.82. The van der Waals surface area contributed by atoms with E-state index >= 15 is 0 Å². The van der Waals surface area contributed by atoms with Crippen LogP contribution in [0.2, 0.25) is 0 Å². The molecule has 2 aliphatic heterocycles. The molecule has 2 aromatic rings. The predicted molar refractivity (Wildman–Crippen MR) is 110 cm³/mol. The van der Waals surface area contributed by atoms with Gasteiger partial charge in [-0.05, 0) is 41.5 Å². The number of pyridine rings is 1. The third-order valence-electron chi connectivity index (χ3n) is 5.56. The van der Waals surface area contributed by atoms with E-state index < -0.39 is 0 Å². The molecule has 8 heteroatoms. The number of ether oxygens (including phenoxy) is 1. The second-order valence-electron chi connectivity index (χ2n) is 7.55. The number of allylic oxidation sites excluding steroid dienone is 1. The first-order valence-corrected chi connectivity index (χ1v) is 10.5. The van der Waals surface area contributed by atoms with Crippen LogP contribution >= 0.6 is 11.3 Å². The van der Waals surface area contributed by atoms with E-state index in [1.54, 1.807) is 29.7 Å². The van der Waals surface area contributed by atoms with Gasteiger partial charge < -0.3 is 15.0 Å². The van der Waals surface area contributed by atoms with Crippen molar-refractivity contribution in [2.45, 2.75) is 13.0 Å². The highest BCUT2D eigenvalue weighted by Gasteiger charge is 2.38. The molecular weight excluding hydrogens is 388 g/mol. The van der Waals surface area contributed by atoms with Crippen molar-refractivity contribution in [1.82, 2.24) is 14.9 Å². The van der Waals surface area contributed by atoms with E-state index in [0.29, 0.717) is 24.3 Å². The zero-order chi connectivity index (χ0) is 19.8. The normalized spacial score (nSPS) is 23.5. The summed E-state index contributed by atoms with van der Waals surface area (Å²) in [6.07, 6.45) is 10.2. The molecular formula is C21H20N4O3S. The smallest absolute Gasteiger partial charge is 0.251 e. The highest BCUT2D eigenvalue weighted by molar-refractivity contribution is 7.10. The number of likely N-dealkylation sites (tertiary alicyclic amines) is 1. The fourth-order valence-electron chi connectivity index (χ4n) is 4.17. The van der Waals surface area contributed by atoms with Crippen molar-refractivity contribution in [1.29, 1.82) is 0 Å². The zero-order valence-electron chi connectivity index (χ0n) is 15.7. The van der Waals surface area contributed by atoms with E-state index in [4.69, 9.17) is 4.74 Å². The number of hydrogen-bond donors (Lipinski definition) is 1. The van der Waals surface area contributed by atoms with E-state index in [9.17, 15) is 9.59 Å². The lowest BCUT2D eigenvalue weighted by Crippen LogP contribution is -2.27. The van der Waals surface area contributed by atoms with Gasteiger partial charge in [0.15, 0.2) is 0 Å². The molecule has 0 saturated carbocycles. The average Bonchev–Trinajstić information content (AvgIpc) is 3.41. The summed E-state index contributed by atoms with van der Waals surface area (Å²) >= 11 is 1.67. The van der Waals surface area contributed by atoms with Gasteiger partial charge in [0.1, 0.15) is 17.4 Å². The number of amides is 2. The lowest BCUT2D eigenvalue weighted by molar-refractivity contribution is -0.125. The summed E-state index contributed by atoms with van der Waals surface area (Å²) in [5.41, 5.74) is 2.94. The van der Waals surface area contributed by atoms with Gasteiger partial charge in [-0.3, -0.25) is 9.59 Å². The van der Waals surface area contributed by atoms with Crippen LogP contribution < -0.4 is 5.32 Å². The van der Waals surface area contributed by atoms with Crippen LogP contribution in [0.3, 0.4) is 0 Å². The molecule has 7 nitrogen and oxygen atoms in total. The lowest BCUT2D eigenvalue weighted by atomic mass is 10.00. The molecule has 2 unspecified atom stereocenters. The van der Waals surface area contributed by atoms with Crippen molar-refractivity contribution in [3.8, 4) is 0 Å². The average molecular weight is 408 g/mol. The number of carbonyl (C=O) groups excluding carboxylic acids is 2. The van der Waals surface area contributed by atoms with Gasteiger partial charge >= 0.3 is 0 Å². The maximum atomic E-state index is 12.7. The second kappa shape index (κ2) is 7.53. The minimum absolute atomic E-state index is 0.0168. The van der Waals surface area contributed by atoms with Gasteiger partial charge in [-0.2, -0.15) is 0 Å². The van der Waals surface area contributed by atoms with Crippen LogP contribution in [0.1, 0.15) is 22.6 Å². The first kappa shape index (κ1) is 18.2. The van der Waals surface area contributed by atoms with Crippen LogP contribution in [-0.4, -0.2) is 46.4 Å². The van der Waals surface area contributed by atoms with E-state index in [0.717, 1.165) is 35.6 Å². The first-order chi connectivity index (χ1) is 14.2. The Morgan fingerprint density at radius 2 is 2.24 bits per heavy atom. The van der Waals surface area contributed by atoms with Crippen LogP contribution in [0.5, 0.6) is 0 Å². The Bertz CT molecular complexity index is 1010. The Morgan fingerprint density at radius 1 is 1.31 bits per heavy atom. The van der Waals surface area contributed by atoms with Crippen molar-refractivity contribution in [2.75, 3.05) is 25.0 Å². The summed E-state index contributed by atoms with van der Waals surface area (Å²) in [6, 6.07) is 1.89. The predicted octanol–water partition coefficient (Wildman–Crippen LogP) is 2.58. The van der Waals surface area contributed by atoms with Crippen LogP contribution in [-0.2, 0) is 20.9 Å². The zero-order valence-corrected chi connectivity index (χ0v) is 16.5. The van der Waals surface area contributed by atoms with Crippen LogP contribution in [0.25, 0.3) is 11.6 Å². The number of hydrogen-bond acceptors (Lipinski definition) is 6.